The molecule has 21 heavy (non-hydrogen) atoms. The number of halogens is 1. The Morgan fingerprint density at radius 3 is 2.71 bits per heavy atom. The highest BCUT2D eigenvalue weighted by molar-refractivity contribution is 9.10. The van der Waals surface area contributed by atoms with Gasteiger partial charge in [-0.2, -0.15) is 0 Å². The molecule has 0 atom stereocenters. The molecule has 0 radical (unpaired) electrons. The van der Waals surface area contributed by atoms with E-state index in [0.29, 0.717) is 0 Å². The Balaban J connectivity index is 1.66. The van der Waals surface area contributed by atoms with E-state index in [2.05, 4.69) is 55.1 Å². The van der Waals surface area contributed by atoms with Crippen LogP contribution in [0.2, 0.25) is 0 Å². The van der Waals surface area contributed by atoms with Gasteiger partial charge in [-0.1, -0.05) is 52.3 Å². The van der Waals surface area contributed by atoms with Crippen LogP contribution in [0.15, 0.2) is 71.5 Å². The monoisotopic (exact) mass is 341 g/mol. The first-order valence-corrected chi connectivity index (χ1v) is 7.68. The second-order valence-electron chi connectivity index (χ2n) is 4.75. The molecule has 3 nitrogen and oxygen atoms in total. The van der Waals surface area contributed by atoms with Crippen molar-refractivity contribution in [2.24, 2.45) is 0 Å². The van der Waals surface area contributed by atoms with Crippen molar-refractivity contribution in [1.29, 1.82) is 0 Å². The molecule has 0 aliphatic rings. The van der Waals surface area contributed by atoms with Gasteiger partial charge in [0, 0.05) is 41.2 Å². The summed E-state index contributed by atoms with van der Waals surface area (Å²) >= 11 is 3.48. The molecule has 0 saturated heterocycles. The van der Waals surface area contributed by atoms with Crippen molar-refractivity contribution < 1.29 is 0 Å². The van der Waals surface area contributed by atoms with Crippen LogP contribution in [0.5, 0.6) is 0 Å². The molecule has 0 aliphatic carbocycles. The lowest BCUT2D eigenvalue weighted by Crippen LogP contribution is -2.10. The molecule has 0 saturated carbocycles. The van der Waals surface area contributed by atoms with E-state index in [1.807, 2.05) is 42.7 Å². The van der Waals surface area contributed by atoms with Crippen molar-refractivity contribution >= 4 is 21.6 Å². The summed E-state index contributed by atoms with van der Waals surface area (Å²) in [5, 5.41) is 3.42. The zero-order chi connectivity index (χ0) is 14.5. The van der Waals surface area contributed by atoms with Crippen molar-refractivity contribution in [2.45, 2.75) is 6.54 Å². The number of benzene rings is 2. The molecule has 106 valence electrons. The lowest BCUT2D eigenvalue weighted by atomic mass is 10.2. The Morgan fingerprint density at radius 1 is 1.05 bits per heavy atom. The van der Waals surface area contributed by atoms with E-state index < -0.39 is 0 Å². The standard InChI is InChI=1S/C17H16BrN3/c18-15-7-4-8-16(13-15)19-9-11-21-12-10-20-17(21)14-5-2-1-3-6-14/h1-8,10,12-13,19H,9,11H2. The molecule has 3 aromatic rings. The maximum absolute atomic E-state index is 4.45. The minimum Gasteiger partial charge on any atom is -0.383 e. The number of anilines is 1. The number of nitrogens with one attached hydrogen (secondary N) is 1. The summed E-state index contributed by atoms with van der Waals surface area (Å²) in [7, 11) is 0. The molecule has 0 aliphatic heterocycles. The summed E-state index contributed by atoms with van der Waals surface area (Å²) in [5.74, 6) is 1.01. The Hall–Kier alpha value is -2.07. The van der Waals surface area contributed by atoms with Gasteiger partial charge in [-0.05, 0) is 18.2 Å². The third-order valence-corrected chi connectivity index (χ3v) is 3.75. The Kier molecular flexibility index (Phi) is 4.36. The predicted molar refractivity (Wildman–Crippen MR) is 90.3 cm³/mol. The smallest absolute Gasteiger partial charge is 0.139 e. The summed E-state index contributed by atoms with van der Waals surface area (Å²) < 4.78 is 3.25. The molecule has 4 heteroatoms. The lowest BCUT2D eigenvalue weighted by Gasteiger charge is -2.10. The molecule has 3 rings (SSSR count). The number of nitrogens with zero attached hydrogens (tertiary/aromatic N) is 2. The van der Waals surface area contributed by atoms with Gasteiger partial charge in [0.15, 0.2) is 0 Å². The average Bonchev–Trinajstić information content (AvgIpc) is 2.97. The Morgan fingerprint density at radius 2 is 1.90 bits per heavy atom. The zero-order valence-corrected chi connectivity index (χ0v) is 13.1. The van der Waals surface area contributed by atoms with Crippen LogP contribution in [0.4, 0.5) is 5.69 Å². The van der Waals surface area contributed by atoms with Crippen LogP contribution in [0.3, 0.4) is 0 Å². The van der Waals surface area contributed by atoms with E-state index in [9.17, 15) is 0 Å². The van der Waals surface area contributed by atoms with Crippen molar-refractivity contribution in [1.82, 2.24) is 9.55 Å². The van der Waals surface area contributed by atoms with Crippen molar-refractivity contribution in [2.75, 3.05) is 11.9 Å². The molecule has 0 bridgehead atoms. The maximum Gasteiger partial charge on any atom is 0.139 e. The van der Waals surface area contributed by atoms with Crippen molar-refractivity contribution in [3.05, 3.63) is 71.5 Å². The molecule has 1 N–H and O–H groups in total. The Labute approximate surface area is 132 Å². The molecule has 0 amide bonds. The topological polar surface area (TPSA) is 29.9 Å². The van der Waals surface area contributed by atoms with Gasteiger partial charge in [-0.25, -0.2) is 4.98 Å². The fraction of sp³-hybridized carbons (Fsp3) is 0.118. The maximum atomic E-state index is 4.45. The summed E-state index contributed by atoms with van der Waals surface area (Å²) in [6.07, 6.45) is 3.87. The lowest BCUT2D eigenvalue weighted by molar-refractivity contribution is 0.735. The highest BCUT2D eigenvalue weighted by atomic mass is 79.9. The van der Waals surface area contributed by atoms with Gasteiger partial charge in [0.2, 0.25) is 0 Å². The average molecular weight is 342 g/mol. The van der Waals surface area contributed by atoms with Crippen LogP contribution in [0.1, 0.15) is 0 Å². The van der Waals surface area contributed by atoms with E-state index in [1.165, 1.54) is 0 Å². The van der Waals surface area contributed by atoms with E-state index in [0.717, 1.165) is 34.6 Å². The first kappa shape index (κ1) is 13.9. The summed E-state index contributed by atoms with van der Waals surface area (Å²) in [6, 6.07) is 18.4. The Bertz CT molecular complexity index is 707. The SMILES string of the molecule is Brc1cccc(NCCn2ccnc2-c2ccccc2)c1. The summed E-state index contributed by atoms with van der Waals surface area (Å²) in [4.78, 5) is 4.45. The number of hydrogen-bond donors (Lipinski definition) is 1. The van der Waals surface area contributed by atoms with Gasteiger partial charge >= 0.3 is 0 Å². The minimum absolute atomic E-state index is 0.854. The van der Waals surface area contributed by atoms with E-state index >= 15 is 0 Å². The summed E-state index contributed by atoms with van der Waals surface area (Å²) in [5.41, 5.74) is 2.26. The molecule has 2 aromatic carbocycles. The highest BCUT2D eigenvalue weighted by Crippen LogP contribution is 2.17. The normalized spacial score (nSPS) is 10.5. The van der Waals surface area contributed by atoms with Crippen LogP contribution in [-0.2, 0) is 6.54 Å². The van der Waals surface area contributed by atoms with Gasteiger partial charge in [0.25, 0.3) is 0 Å². The third kappa shape index (κ3) is 3.52. The molecule has 0 unspecified atom stereocenters. The largest absolute Gasteiger partial charge is 0.383 e. The zero-order valence-electron chi connectivity index (χ0n) is 11.5. The van der Waals surface area contributed by atoms with Gasteiger partial charge < -0.3 is 9.88 Å². The first-order chi connectivity index (χ1) is 10.3. The van der Waals surface area contributed by atoms with Crippen molar-refractivity contribution in [3.63, 3.8) is 0 Å². The number of hydrogen-bond acceptors (Lipinski definition) is 2. The van der Waals surface area contributed by atoms with E-state index in [-0.39, 0.29) is 0 Å². The minimum atomic E-state index is 0.854. The molecule has 1 heterocycles. The summed E-state index contributed by atoms with van der Waals surface area (Å²) in [6.45, 7) is 1.73. The molecule has 0 spiro atoms. The first-order valence-electron chi connectivity index (χ1n) is 6.89. The van der Waals surface area contributed by atoms with Crippen LogP contribution in [0.25, 0.3) is 11.4 Å². The molecule has 1 aromatic heterocycles. The number of aromatic nitrogens is 2. The third-order valence-electron chi connectivity index (χ3n) is 3.25. The van der Waals surface area contributed by atoms with Crippen LogP contribution < -0.4 is 5.32 Å². The number of imidazole rings is 1. The van der Waals surface area contributed by atoms with Crippen molar-refractivity contribution in [3.8, 4) is 11.4 Å². The van der Waals surface area contributed by atoms with Gasteiger partial charge in [0.1, 0.15) is 5.82 Å². The fourth-order valence-electron chi connectivity index (χ4n) is 2.26. The molecular weight excluding hydrogens is 326 g/mol. The van der Waals surface area contributed by atoms with Crippen LogP contribution >= 0.6 is 15.9 Å². The molecular formula is C17H16BrN3. The van der Waals surface area contributed by atoms with Crippen LogP contribution in [-0.4, -0.2) is 16.1 Å². The van der Waals surface area contributed by atoms with E-state index in [1.54, 1.807) is 0 Å². The number of rotatable bonds is 5. The van der Waals surface area contributed by atoms with Gasteiger partial charge in [-0.15, -0.1) is 0 Å². The molecule has 0 fully saturated rings. The van der Waals surface area contributed by atoms with Crippen LogP contribution in [0, 0.1) is 0 Å². The predicted octanol–water partition coefficient (Wildman–Crippen LogP) is 4.42. The van der Waals surface area contributed by atoms with Gasteiger partial charge in [-0.3, -0.25) is 0 Å². The highest BCUT2D eigenvalue weighted by Gasteiger charge is 2.04. The second kappa shape index (κ2) is 6.59. The quantitative estimate of drug-likeness (QED) is 0.744. The van der Waals surface area contributed by atoms with Gasteiger partial charge in [0.05, 0.1) is 0 Å². The fourth-order valence-corrected chi connectivity index (χ4v) is 2.66. The second-order valence-corrected chi connectivity index (χ2v) is 5.66. The van der Waals surface area contributed by atoms with E-state index in [4.69, 9.17) is 0 Å².